The van der Waals surface area contributed by atoms with Crippen molar-refractivity contribution < 1.29 is 9.59 Å². The molecule has 3 rings (SSSR count). The maximum atomic E-state index is 13.1. The summed E-state index contributed by atoms with van der Waals surface area (Å²) in [5.74, 6) is 0.550. The van der Waals surface area contributed by atoms with E-state index in [-0.39, 0.29) is 17.9 Å². The predicted molar refractivity (Wildman–Crippen MR) is 125 cm³/mol. The quantitative estimate of drug-likeness (QED) is 0.701. The molecule has 0 aliphatic carbocycles. The van der Waals surface area contributed by atoms with Crippen LogP contribution in [0.2, 0.25) is 0 Å². The first kappa shape index (κ1) is 22.9. The van der Waals surface area contributed by atoms with Gasteiger partial charge in [-0.2, -0.15) is 0 Å². The van der Waals surface area contributed by atoms with Crippen LogP contribution in [0, 0.1) is 12.8 Å². The van der Waals surface area contributed by atoms with Crippen molar-refractivity contribution in [1.29, 1.82) is 0 Å². The summed E-state index contributed by atoms with van der Waals surface area (Å²) in [5, 5.41) is 5.79. The fraction of sp³-hybridized carbons (Fsp3) is 0.462. The van der Waals surface area contributed by atoms with Crippen molar-refractivity contribution in [2.24, 2.45) is 5.92 Å². The highest BCUT2D eigenvalue weighted by Crippen LogP contribution is 2.28. The van der Waals surface area contributed by atoms with Crippen LogP contribution in [0.15, 0.2) is 54.6 Å². The van der Waals surface area contributed by atoms with Gasteiger partial charge in [0.25, 0.3) is 0 Å². The lowest BCUT2D eigenvalue weighted by Crippen LogP contribution is -2.55. The Bertz CT molecular complexity index is 841. The molecule has 31 heavy (non-hydrogen) atoms. The molecule has 166 valence electrons. The molecule has 5 nitrogen and oxygen atoms in total. The van der Waals surface area contributed by atoms with Crippen LogP contribution in [0.5, 0.6) is 0 Å². The second-order valence-electron chi connectivity index (χ2n) is 8.87. The highest BCUT2D eigenvalue weighted by Gasteiger charge is 2.31. The van der Waals surface area contributed by atoms with Crippen molar-refractivity contribution >= 4 is 11.9 Å². The molecule has 1 fully saturated rings. The third kappa shape index (κ3) is 6.58. The molecule has 1 saturated heterocycles. The Kier molecular flexibility index (Phi) is 8.10. The molecule has 0 spiro atoms. The molecule has 2 aromatic carbocycles. The van der Waals surface area contributed by atoms with Gasteiger partial charge in [-0.1, -0.05) is 74.0 Å². The lowest BCUT2D eigenvalue weighted by molar-refractivity contribution is -0.135. The predicted octanol–water partition coefficient (Wildman–Crippen LogP) is 4.27. The Morgan fingerprint density at radius 3 is 2.26 bits per heavy atom. The average molecular weight is 422 g/mol. The van der Waals surface area contributed by atoms with E-state index in [1.807, 2.05) is 49.1 Å². The van der Waals surface area contributed by atoms with Crippen molar-refractivity contribution in [1.82, 2.24) is 15.5 Å². The lowest BCUT2D eigenvalue weighted by Gasteiger charge is -2.35. The Morgan fingerprint density at radius 1 is 1.00 bits per heavy atom. The van der Waals surface area contributed by atoms with Gasteiger partial charge in [0, 0.05) is 19.6 Å². The molecule has 0 aromatic heterocycles. The second-order valence-corrected chi connectivity index (χ2v) is 8.87. The average Bonchev–Trinajstić information content (AvgIpc) is 2.78. The molecular formula is C26H35N3O2. The van der Waals surface area contributed by atoms with Gasteiger partial charge in [0.2, 0.25) is 5.91 Å². The number of carbonyl (C=O) groups is 2. The highest BCUT2D eigenvalue weighted by molar-refractivity contribution is 5.87. The van der Waals surface area contributed by atoms with E-state index in [2.05, 4.69) is 41.8 Å². The molecule has 1 atom stereocenters. The van der Waals surface area contributed by atoms with Crippen molar-refractivity contribution in [3.63, 3.8) is 0 Å². The zero-order valence-electron chi connectivity index (χ0n) is 18.9. The van der Waals surface area contributed by atoms with Gasteiger partial charge >= 0.3 is 6.03 Å². The Labute approximate surface area is 186 Å². The molecule has 1 aliphatic heterocycles. The summed E-state index contributed by atoms with van der Waals surface area (Å²) < 4.78 is 0. The minimum Gasteiger partial charge on any atom is -0.341 e. The van der Waals surface area contributed by atoms with Gasteiger partial charge in [0.1, 0.15) is 6.04 Å². The molecule has 5 heteroatoms. The number of hydrogen-bond donors (Lipinski definition) is 2. The fourth-order valence-corrected chi connectivity index (χ4v) is 4.14. The van der Waals surface area contributed by atoms with E-state index in [9.17, 15) is 9.59 Å². The minimum absolute atomic E-state index is 0.0237. The van der Waals surface area contributed by atoms with Crippen LogP contribution in [0.3, 0.4) is 0 Å². The van der Waals surface area contributed by atoms with E-state index in [1.165, 1.54) is 16.7 Å². The van der Waals surface area contributed by atoms with Gasteiger partial charge in [-0.3, -0.25) is 4.79 Å². The van der Waals surface area contributed by atoms with E-state index in [4.69, 9.17) is 0 Å². The number of carbonyl (C=O) groups excluding carboxylic acids is 2. The Balaban J connectivity index is 1.48. The largest absolute Gasteiger partial charge is 0.341 e. The molecule has 0 saturated carbocycles. The molecule has 2 aromatic rings. The van der Waals surface area contributed by atoms with E-state index < -0.39 is 6.04 Å². The van der Waals surface area contributed by atoms with Crippen molar-refractivity contribution in [2.45, 2.75) is 52.0 Å². The number of nitrogens with zero attached hydrogens (tertiary/aromatic N) is 1. The molecule has 0 bridgehead atoms. The first-order valence-corrected chi connectivity index (χ1v) is 11.4. The van der Waals surface area contributed by atoms with Crippen molar-refractivity contribution in [3.05, 3.63) is 71.3 Å². The second kappa shape index (κ2) is 11.0. The molecule has 1 heterocycles. The number of urea groups is 1. The van der Waals surface area contributed by atoms with E-state index in [1.54, 1.807) is 0 Å². The van der Waals surface area contributed by atoms with Gasteiger partial charge in [-0.15, -0.1) is 0 Å². The van der Waals surface area contributed by atoms with Gasteiger partial charge < -0.3 is 15.5 Å². The molecule has 1 aliphatic rings. The number of aryl methyl sites for hydroxylation is 1. The minimum atomic E-state index is -0.507. The summed E-state index contributed by atoms with van der Waals surface area (Å²) in [4.78, 5) is 27.5. The van der Waals surface area contributed by atoms with E-state index in [0.717, 1.165) is 32.4 Å². The number of piperidine rings is 1. The van der Waals surface area contributed by atoms with E-state index in [0.29, 0.717) is 12.5 Å². The summed E-state index contributed by atoms with van der Waals surface area (Å²) in [7, 11) is 0. The Morgan fingerprint density at radius 2 is 1.65 bits per heavy atom. The number of likely N-dealkylation sites (tertiary alicyclic amines) is 1. The van der Waals surface area contributed by atoms with Crippen LogP contribution >= 0.6 is 0 Å². The molecule has 0 unspecified atom stereocenters. The zero-order chi connectivity index (χ0) is 22.2. The number of nitrogens with one attached hydrogen (secondary N) is 2. The van der Waals surface area contributed by atoms with Gasteiger partial charge in [0.05, 0.1) is 0 Å². The molecule has 3 amide bonds. The third-order valence-corrected chi connectivity index (χ3v) is 6.12. The van der Waals surface area contributed by atoms with Crippen molar-refractivity contribution in [3.8, 4) is 0 Å². The van der Waals surface area contributed by atoms with Crippen LogP contribution in [-0.4, -0.2) is 42.5 Å². The van der Waals surface area contributed by atoms with E-state index >= 15 is 0 Å². The fourth-order valence-electron chi connectivity index (χ4n) is 4.14. The van der Waals surface area contributed by atoms with Crippen LogP contribution in [0.25, 0.3) is 0 Å². The van der Waals surface area contributed by atoms with Crippen LogP contribution in [0.1, 0.15) is 49.3 Å². The maximum Gasteiger partial charge on any atom is 0.315 e. The summed E-state index contributed by atoms with van der Waals surface area (Å²) in [6, 6.07) is 18.0. The first-order valence-electron chi connectivity index (χ1n) is 11.4. The number of hydrogen-bond acceptors (Lipinski definition) is 2. The van der Waals surface area contributed by atoms with Crippen LogP contribution < -0.4 is 10.6 Å². The number of rotatable bonds is 7. The summed E-state index contributed by atoms with van der Waals surface area (Å²) in [6.45, 7) is 8.06. The van der Waals surface area contributed by atoms with Gasteiger partial charge in [-0.25, -0.2) is 4.79 Å². The monoisotopic (exact) mass is 421 g/mol. The first-order chi connectivity index (χ1) is 14.9. The Hall–Kier alpha value is -2.82. The lowest BCUT2D eigenvalue weighted by atomic mass is 9.88. The van der Waals surface area contributed by atoms with Gasteiger partial charge in [0.15, 0.2) is 0 Å². The zero-order valence-corrected chi connectivity index (χ0v) is 18.9. The third-order valence-electron chi connectivity index (χ3n) is 6.12. The summed E-state index contributed by atoms with van der Waals surface area (Å²) >= 11 is 0. The maximum absolute atomic E-state index is 13.1. The summed E-state index contributed by atoms with van der Waals surface area (Å²) in [5.41, 5.74) is 3.80. The van der Waals surface area contributed by atoms with Crippen LogP contribution in [0.4, 0.5) is 4.79 Å². The molecule has 2 N–H and O–H groups in total. The highest BCUT2D eigenvalue weighted by atomic mass is 16.2. The molecular weight excluding hydrogens is 386 g/mol. The number of benzene rings is 2. The standard InChI is InChI=1S/C26H35N3O2/c1-19(2)24(28-26(31)27-16-13-21-7-5-4-6-8-21)25(30)29-17-14-23(15-18-29)22-11-9-20(3)10-12-22/h4-12,19,23-24H,13-18H2,1-3H3,(H2,27,28,31)/t24-/m1/s1. The number of amides is 3. The topological polar surface area (TPSA) is 61.4 Å². The normalized spacial score (nSPS) is 15.5. The SMILES string of the molecule is Cc1ccc(C2CCN(C(=O)[C@H](NC(=O)NCCc3ccccc3)C(C)C)CC2)cc1. The summed E-state index contributed by atoms with van der Waals surface area (Å²) in [6.07, 6.45) is 2.69. The molecule has 0 radical (unpaired) electrons. The van der Waals surface area contributed by atoms with Crippen molar-refractivity contribution in [2.75, 3.05) is 19.6 Å². The van der Waals surface area contributed by atoms with Gasteiger partial charge in [-0.05, 0) is 49.1 Å². The smallest absolute Gasteiger partial charge is 0.315 e. The van der Waals surface area contributed by atoms with Crippen LogP contribution in [-0.2, 0) is 11.2 Å².